The minimum atomic E-state index is -0.183. The van der Waals surface area contributed by atoms with Crippen molar-refractivity contribution in [2.24, 2.45) is 10.9 Å². The Morgan fingerprint density at radius 2 is 1.84 bits per heavy atom. The summed E-state index contributed by atoms with van der Waals surface area (Å²) in [7, 11) is 0. The summed E-state index contributed by atoms with van der Waals surface area (Å²) in [5.41, 5.74) is 0.647. The van der Waals surface area contributed by atoms with Gasteiger partial charge in [0.1, 0.15) is 12.3 Å². The van der Waals surface area contributed by atoms with Crippen LogP contribution in [0.2, 0.25) is 0 Å². The number of aromatic hydroxyl groups is 1. The molecule has 2 rings (SSSR count). The number of phenols is 1. The molecule has 6 nitrogen and oxygen atoms in total. The van der Waals surface area contributed by atoms with Gasteiger partial charge in [0.15, 0.2) is 5.96 Å². The number of guanidine groups is 1. The first kappa shape index (κ1) is 19.1. The molecule has 1 aromatic rings. The number of benzene rings is 1. The zero-order valence-electron chi connectivity index (χ0n) is 15.2. The molecule has 0 atom stereocenters. The summed E-state index contributed by atoms with van der Waals surface area (Å²) in [6.45, 7) is 5.09. The first-order valence-corrected chi connectivity index (χ1v) is 9.24. The Kier molecular flexibility index (Phi) is 7.57. The van der Waals surface area contributed by atoms with Gasteiger partial charge in [0.25, 0.3) is 0 Å². The van der Waals surface area contributed by atoms with Crippen molar-refractivity contribution in [2.45, 2.75) is 52.0 Å². The largest absolute Gasteiger partial charge is 0.508 e. The van der Waals surface area contributed by atoms with Crippen molar-refractivity contribution in [3.63, 3.8) is 0 Å². The quantitative estimate of drug-likeness (QED) is 0.362. The number of nitrogens with one attached hydrogen (secondary N) is 3. The van der Waals surface area contributed by atoms with E-state index in [4.69, 9.17) is 0 Å². The van der Waals surface area contributed by atoms with Crippen LogP contribution in [0.4, 0.5) is 5.69 Å². The number of aliphatic imine (C=N–C) groups is 1. The lowest BCUT2D eigenvalue weighted by Gasteiger charge is -2.29. The molecule has 0 saturated heterocycles. The average molecular weight is 346 g/mol. The molecule has 138 valence electrons. The van der Waals surface area contributed by atoms with Crippen molar-refractivity contribution in [3.05, 3.63) is 24.3 Å². The molecule has 6 heteroatoms. The van der Waals surface area contributed by atoms with Crippen molar-refractivity contribution >= 4 is 17.6 Å². The summed E-state index contributed by atoms with van der Waals surface area (Å²) in [5.74, 6) is 1.54. The van der Waals surface area contributed by atoms with Crippen LogP contribution >= 0.6 is 0 Å². The predicted molar refractivity (Wildman–Crippen MR) is 102 cm³/mol. The lowest BCUT2D eigenvalue weighted by Crippen LogP contribution is -2.45. The fourth-order valence-electron chi connectivity index (χ4n) is 3.12. The van der Waals surface area contributed by atoms with Crippen LogP contribution in [0.3, 0.4) is 0 Å². The maximum atomic E-state index is 12.0. The highest BCUT2D eigenvalue weighted by atomic mass is 16.3. The van der Waals surface area contributed by atoms with Gasteiger partial charge in [-0.25, -0.2) is 4.99 Å². The smallest absolute Gasteiger partial charge is 0.246 e. The van der Waals surface area contributed by atoms with Crippen molar-refractivity contribution < 1.29 is 9.90 Å². The van der Waals surface area contributed by atoms with E-state index < -0.39 is 0 Å². The summed E-state index contributed by atoms with van der Waals surface area (Å²) in [5, 5.41) is 18.7. The molecule has 0 aliphatic heterocycles. The van der Waals surface area contributed by atoms with Gasteiger partial charge in [0, 0.05) is 18.3 Å². The lowest BCUT2D eigenvalue weighted by molar-refractivity contribution is -0.114. The first-order valence-electron chi connectivity index (χ1n) is 9.24. The summed E-state index contributed by atoms with van der Waals surface area (Å²) in [4.78, 5) is 16.4. The van der Waals surface area contributed by atoms with Gasteiger partial charge in [0.2, 0.25) is 5.91 Å². The molecule has 4 N–H and O–H groups in total. The van der Waals surface area contributed by atoms with Crippen molar-refractivity contribution in [3.8, 4) is 5.75 Å². The van der Waals surface area contributed by atoms with Gasteiger partial charge in [0.05, 0.1) is 0 Å². The number of nitrogens with zero attached hydrogens (tertiary/aromatic N) is 1. The molecule has 1 aliphatic carbocycles. The van der Waals surface area contributed by atoms with Crippen LogP contribution in [0.15, 0.2) is 29.3 Å². The Hall–Kier alpha value is -2.24. The minimum absolute atomic E-state index is 0.0561. The molecule has 0 aromatic heterocycles. The standard InChI is InChI=1S/C19H30N4O2/c1-3-14-5-7-16(8-6-14)23-19(20-4-2)21-13-18(25)22-15-9-11-17(24)12-10-15/h9-12,14,16,24H,3-8,13H2,1-2H3,(H,22,25)(H2,20,21,23). The molecule has 1 aromatic carbocycles. The molecule has 1 fully saturated rings. The molecule has 0 bridgehead atoms. The monoisotopic (exact) mass is 346 g/mol. The van der Waals surface area contributed by atoms with E-state index in [-0.39, 0.29) is 18.2 Å². The number of phenolic OH excluding ortho intramolecular Hbond substituents is 1. The van der Waals surface area contributed by atoms with Crippen LogP contribution in [-0.4, -0.2) is 36.1 Å². The summed E-state index contributed by atoms with van der Waals surface area (Å²) < 4.78 is 0. The first-order chi connectivity index (χ1) is 12.1. The fraction of sp³-hybridized carbons (Fsp3) is 0.579. The number of hydrogen-bond donors (Lipinski definition) is 4. The van der Waals surface area contributed by atoms with Gasteiger partial charge in [-0.05, 0) is 62.8 Å². The molecule has 0 radical (unpaired) electrons. The van der Waals surface area contributed by atoms with Crippen LogP contribution < -0.4 is 16.0 Å². The van der Waals surface area contributed by atoms with Gasteiger partial charge in [-0.15, -0.1) is 0 Å². The molecular weight excluding hydrogens is 316 g/mol. The number of anilines is 1. The Bertz CT molecular complexity index is 563. The van der Waals surface area contributed by atoms with E-state index >= 15 is 0 Å². The fourth-order valence-corrected chi connectivity index (χ4v) is 3.12. The van der Waals surface area contributed by atoms with E-state index in [2.05, 4.69) is 27.9 Å². The number of hydrogen-bond acceptors (Lipinski definition) is 3. The number of amides is 1. The second kappa shape index (κ2) is 9.91. The average Bonchev–Trinajstić information content (AvgIpc) is 2.62. The lowest BCUT2D eigenvalue weighted by atomic mass is 9.84. The van der Waals surface area contributed by atoms with Crippen LogP contribution in [0.5, 0.6) is 5.75 Å². The highest BCUT2D eigenvalue weighted by molar-refractivity contribution is 5.94. The Morgan fingerprint density at radius 3 is 2.44 bits per heavy atom. The predicted octanol–water partition coefficient (Wildman–Crippen LogP) is 2.85. The zero-order chi connectivity index (χ0) is 18.1. The topological polar surface area (TPSA) is 85.8 Å². The van der Waals surface area contributed by atoms with Crippen molar-refractivity contribution in [1.82, 2.24) is 10.6 Å². The number of rotatable bonds is 6. The van der Waals surface area contributed by atoms with Crippen molar-refractivity contribution in [2.75, 3.05) is 18.4 Å². The van der Waals surface area contributed by atoms with Crippen LogP contribution in [0.25, 0.3) is 0 Å². The third-order valence-electron chi connectivity index (χ3n) is 4.64. The second-order valence-corrected chi connectivity index (χ2v) is 6.56. The maximum Gasteiger partial charge on any atom is 0.246 e. The molecule has 0 spiro atoms. The van der Waals surface area contributed by atoms with E-state index in [0.717, 1.165) is 25.3 Å². The molecule has 0 heterocycles. The number of carbonyl (C=O) groups is 1. The van der Waals surface area contributed by atoms with Gasteiger partial charge in [-0.1, -0.05) is 13.3 Å². The molecule has 0 unspecified atom stereocenters. The number of carbonyl (C=O) groups excluding carboxylic acids is 1. The van der Waals surface area contributed by atoms with Gasteiger partial charge < -0.3 is 21.1 Å². The van der Waals surface area contributed by atoms with E-state index in [9.17, 15) is 9.90 Å². The van der Waals surface area contributed by atoms with Gasteiger partial charge in [-0.3, -0.25) is 4.79 Å². The SMILES string of the molecule is CCNC(=NCC(=O)Nc1ccc(O)cc1)NC1CCC(CC)CC1. The Balaban J connectivity index is 1.83. The third-order valence-corrected chi connectivity index (χ3v) is 4.64. The van der Waals surface area contributed by atoms with Gasteiger partial charge in [-0.2, -0.15) is 0 Å². The Labute approximate surface area is 150 Å². The normalized spacial score (nSPS) is 20.8. The third kappa shape index (κ3) is 6.64. The van der Waals surface area contributed by atoms with Crippen molar-refractivity contribution in [1.29, 1.82) is 0 Å². The Morgan fingerprint density at radius 1 is 1.16 bits per heavy atom. The summed E-state index contributed by atoms with van der Waals surface area (Å²) in [6, 6.07) is 6.83. The summed E-state index contributed by atoms with van der Waals surface area (Å²) >= 11 is 0. The molecule has 25 heavy (non-hydrogen) atoms. The molecular formula is C19H30N4O2. The van der Waals surface area contributed by atoms with E-state index in [1.54, 1.807) is 12.1 Å². The van der Waals surface area contributed by atoms with E-state index in [0.29, 0.717) is 17.7 Å². The second-order valence-electron chi connectivity index (χ2n) is 6.56. The molecule has 1 saturated carbocycles. The highest BCUT2D eigenvalue weighted by Gasteiger charge is 2.20. The molecule has 1 aliphatic rings. The maximum absolute atomic E-state index is 12.0. The minimum Gasteiger partial charge on any atom is -0.508 e. The summed E-state index contributed by atoms with van der Waals surface area (Å²) in [6.07, 6.45) is 6.09. The zero-order valence-corrected chi connectivity index (χ0v) is 15.2. The van der Waals surface area contributed by atoms with E-state index in [1.165, 1.54) is 31.4 Å². The van der Waals surface area contributed by atoms with Crippen LogP contribution in [0.1, 0.15) is 46.0 Å². The van der Waals surface area contributed by atoms with Crippen LogP contribution in [0, 0.1) is 5.92 Å². The van der Waals surface area contributed by atoms with E-state index in [1.807, 2.05) is 6.92 Å². The molecule has 1 amide bonds. The van der Waals surface area contributed by atoms with Crippen LogP contribution in [-0.2, 0) is 4.79 Å². The van der Waals surface area contributed by atoms with Gasteiger partial charge >= 0.3 is 0 Å². The highest BCUT2D eigenvalue weighted by Crippen LogP contribution is 2.26.